The lowest BCUT2D eigenvalue weighted by molar-refractivity contribution is 0.530. The molecule has 0 aliphatic rings. The molecule has 0 atom stereocenters. The fourth-order valence-electron chi connectivity index (χ4n) is 2.38. The van der Waals surface area contributed by atoms with Gasteiger partial charge in [-0.2, -0.15) is 4.98 Å². The predicted molar refractivity (Wildman–Crippen MR) is 74.7 cm³/mol. The Hall–Kier alpha value is -1.77. The molecule has 1 aromatic heterocycles. The fourth-order valence-corrected chi connectivity index (χ4v) is 2.38. The summed E-state index contributed by atoms with van der Waals surface area (Å²) in [6.07, 6.45) is 0.797. The van der Waals surface area contributed by atoms with E-state index in [4.69, 9.17) is 10.2 Å². The smallest absolute Gasteiger partial charge is 0.292 e. The van der Waals surface area contributed by atoms with Gasteiger partial charge in [-0.15, -0.1) is 0 Å². The van der Waals surface area contributed by atoms with E-state index in [9.17, 15) is 0 Å². The van der Waals surface area contributed by atoms with Gasteiger partial charge in [0.1, 0.15) is 11.5 Å². The van der Waals surface area contributed by atoms with E-state index < -0.39 is 0 Å². The monoisotopic (exact) mass is 244 g/mol. The molecule has 2 N–H and O–H groups in total. The molecule has 0 fully saturated rings. The van der Waals surface area contributed by atoms with Crippen LogP contribution in [0.3, 0.4) is 0 Å². The topological polar surface area (TPSA) is 52.0 Å². The van der Waals surface area contributed by atoms with Crippen LogP contribution in [0.15, 0.2) is 10.5 Å². The fraction of sp³-hybridized carbons (Fsp3) is 0.400. The molecule has 2 aromatic rings. The summed E-state index contributed by atoms with van der Waals surface area (Å²) in [7, 11) is 0. The molecule has 0 saturated carbocycles. The zero-order chi connectivity index (χ0) is 13.4. The molecular weight excluding hydrogens is 224 g/mol. The van der Waals surface area contributed by atoms with Crippen LogP contribution in [-0.4, -0.2) is 4.98 Å². The Morgan fingerprint density at radius 1 is 1.11 bits per heavy atom. The Morgan fingerprint density at radius 2 is 1.67 bits per heavy atom. The predicted octanol–water partition coefficient (Wildman–Crippen LogP) is 3.72. The van der Waals surface area contributed by atoms with Gasteiger partial charge in [-0.05, 0) is 49.9 Å². The van der Waals surface area contributed by atoms with Gasteiger partial charge in [0.25, 0.3) is 6.01 Å². The number of hydrogen-bond acceptors (Lipinski definition) is 3. The van der Waals surface area contributed by atoms with Gasteiger partial charge in [0.2, 0.25) is 0 Å². The van der Waals surface area contributed by atoms with Gasteiger partial charge in [0, 0.05) is 12.0 Å². The van der Waals surface area contributed by atoms with Gasteiger partial charge < -0.3 is 10.2 Å². The van der Waals surface area contributed by atoms with Crippen molar-refractivity contribution < 1.29 is 4.42 Å². The molecule has 1 heterocycles. The molecule has 1 aromatic carbocycles. The SMILES string of the molecule is CCc1oc(N)nc1-c1c(C)c(C)cc(C)c1C. The van der Waals surface area contributed by atoms with Crippen molar-refractivity contribution in [2.24, 2.45) is 0 Å². The Bertz CT molecular complexity index is 571. The van der Waals surface area contributed by atoms with Gasteiger partial charge in [0.15, 0.2) is 0 Å². The molecule has 18 heavy (non-hydrogen) atoms. The zero-order valence-electron chi connectivity index (χ0n) is 11.7. The van der Waals surface area contributed by atoms with Gasteiger partial charge in [0.05, 0.1) is 0 Å². The van der Waals surface area contributed by atoms with Crippen molar-refractivity contribution >= 4 is 6.01 Å². The Balaban J connectivity index is 2.77. The van der Waals surface area contributed by atoms with Gasteiger partial charge >= 0.3 is 0 Å². The molecule has 96 valence electrons. The molecule has 3 nitrogen and oxygen atoms in total. The number of aryl methyl sites for hydroxylation is 3. The van der Waals surface area contributed by atoms with Crippen molar-refractivity contribution in [2.75, 3.05) is 5.73 Å². The Morgan fingerprint density at radius 3 is 2.17 bits per heavy atom. The normalized spacial score (nSPS) is 10.9. The van der Waals surface area contributed by atoms with E-state index in [1.54, 1.807) is 0 Å². The average molecular weight is 244 g/mol. The highest BCUT2D eigenvalue weighted by molar-refractivity contribution is 5.72. The molecular formula is C15H20N2O. The molecule has 3 heteroatoms. The van der Waals surface area contributed by atoms with E-state index >= 15 is 0 Å². The average Bonchev–Trinajstić information content (AvgIpc) is 2.68. The van der Waals surface area contributed by atoms with E-state index in [0.29, 0.717) is 0 Å². The van der Waals surface area contributed by atoms with Crippen LogP contribution in [0.4, 0.5) is 6.01 Å². The van der Waals surface area contributed by atoms with E-state index in [-0.39, 0.29) is 6.01 Å². The molecule has 0 spiro atoms. The quantitative estimate of drug-likeness (QED) is 0.876. The lowest BCUT2D eigenvalue weighted by Crippen LogP contribution is -1.97. The number of aromatic nitrogens is 1. The van der Waals surface area contributed by atoms with Crippen LogP contribution in [-0.2, 0) is 6.42 Å². The summed E-state index contributed by atoms with van der Waals surface area (Å²) in [5.41, 5.74) is 12.8. The minimum absolute atomic E-state index is 0.250. The van der Waals surface area contributed by atoms with Crippen LogP contribution in [0.1, 0.15) is 34.9 Å². The molecule has 0 amide bonds. The lowest BCUT2D eigenvalue weighted by Gasteiger charge is -2.14. The van der Waals surface area contributed by atoms with Crippen molar-refractivity contribution in [3.63, 3.8) is 0 Å². The molecule has 0 bridgehead atoms. The van der Waals surface area contributed by atoms with Crippen molar-refractivity contribution in [1.82, 2.24) is 4.98 Å². The number of nitrogens with zero attached hydrogens (tertiary/aromatic N) is 1. The number of anilines is 1. The van der Waals surface area contributed by atoms with Gasteiger partial charge in [-0.1, -0.05) is 13.0 Å². The maximum Gasteiger partial charge on any atom is 0.292 e. The summed E-state index contributed by atoms with van der Waals surface area (Å²) in [5.74, 6) is 0.865. The number of nitrogens with two attached hydrogens (primary N) is 1. The van der Waals surface area contributed by atoms with Crippen LogP contribution < -0.4 is 5.73 Å². The Kier molecular flexibility index (Phi) is 3.16. The second kappa shape index (κ2) is 4.48. The molecule has 0 radical (unpaired) electrons. The number of nitrogen functional groups attached to an aromatic ring is 1. The summed E-state index contributed by atoms with van der Waals surface area (Å²) in [6.45, 7) is 10.6. The first kappa shape index (κ1) is 12.7. The van der Waals surface area contributed by atoms with Crippen molar-refractivity contribution in [1.29, 1.82) is 0 Å². The molecule has 0 aliphatic carbocycles. The van der Waals surface area contributed by atoms with Crippen LogP contribution in [0, 0.1) is 27.7 Å². The van der Waals surface area contributed by atoms with Crippen LogP contribution >= 0.6 is 0 Å². The number of benzene rings is 1. The third kappa shape index (κ3) is 1.90. The van der Waals surface area contributed by atoms with E-state index in [1.165, 1.54) is 27.8 Å². The highest BCUT2D eigenvalue weighted by atomic mass is 16.4. The number of rotatable bonds is 2. The maximum absolute atomic E-state index is 5.69. The van der Waals surface area contributed by atoms with Crippen LogP contribution in [0.5, 0.6) is 0 Å². The molecule has 2 rings (SSSR count). The third-order valence-electron chi connectivity index (χ3n) is 3.64. The summed E-state index contributed by atoms with van der Waals surface area (Å²) in [4.78, 5) is 4.37. The minimum Gasteiger partial charge on any atom is -0.428 e. The van der Waals surface area contributed by atoms with Crippen LogP contribution in [0.25, 0.3) is 11.3 Å². The van der Waals surface area contributed by atoms with Crippen molar-refractivity contribution in [3.05, 3.63) is 34.1 Å². The number of hydrogen-bond donors (Lipinski definition) is 1. The molecule has 0 unspecified atom stereocenters. The first-order valence-electron chi connectivity index (χ1n) is 6.28. The van der Waals surface area contributed by atoms with E-state index in [1.807, 2.05) is 0 Å². The Labute approximate surface area is 108 Å². The minimum atomic E-state index is 0.250. The summed E-state index contributed by atoms with van der Waals surface area (Å²) >= 11 is 0. The highest BCUT2D eigenvalue weighted by Crippen LogP contribution is 2.34. The van der Waals surface area contributed by atoms with E-state index in [2.05, 4.69) is 45.7 Å². The lowest BCUT2D eigenvalue weighted by atomic mass is 9.91. The van der Waals surface area contributed by atoms with Gasteiger partial charge in [-0.25, -0.2) is 0 Å². The summed E-state index contributed by atoms with van der Waals surface area (Å²) < 4.78 is 5.47. The standard InChI is InChI=1S/C15H20N2O/c1-6-12-14(17-15(16)18-12)13-10(4)8(2)7-9(3)11(13)5/h7H,6H2,1-5H3,(H2,16,17). The second-order valence-electron chi connectivity index (χ2n) is 4.81. The van der Waals surface area contributed by atoms with E-state index in [0.717, 1.165) is 17.9 Å². The van der Waals surface area contributed by atoms with Crippen molar-refractivity contribution in [2.45, 2.75) is 41.0 Å². The van der Waals surface area contributed by atoms with Crippen molar-refractivity contribution in [3.8, 4) is 11.3 Å². The van der Waals surface area contributed by atoms with Crippen LogP contribution in [0.2, 0.25) is 0 Å². The largest absolute Gasteiger partial charge is 0.428 e. The highest BCUT2D eigenvalue weighted by Gasteiger charge is 2.18. The summed E-state index contributed by atoms with van der Waals surface area (Å²) in [5, 5.41) is 0. The second-order valence-corrected chi connectivity index (χ2v) is 4.81. The van der Waals surface area contributed by atoms with Gasteiger partial charge in [-0.3, -0.25) is 0 Å². The zero-order valence-corrected chi connectivity index (χ0v) is 11.7. The maximum atomic E-state index is 5.69. The first-order valence-corrected chi connectivity index (χ1v) is 6.28. The molecule has 0 aliphatic heterocycles. The summed E-state index contributed by atoms with van der Waals surface area (Å²) in [6, 6.07) is 2.46. The first-order chi connectivity index (χ1) is 8.45. The molecule has 0 saturated heterocycles. The third-order valence-corrected chi connectivity index (χ3v) is 3.64. The number of oxazole rings is 1.